The van der Waals surface area contributed by atoms with E-state index in [-0.39, 0.29) is 10.9 Å². The van der Waals surface area contributed by atoms with Gasteiger partial charge < -0.3 is 19.3 Å². The van der Waals surface area contributed by atoms with Crippen LogP contribution in [0.3, 0.4) is 0 Å². The molecule has 2 aromatic carbocycles. The van der Waals surface area contributed by atoms with Crippen LogP contribution in [-0.4, -0.2) is 28.5 Å². The molecule has 0 unspecified atom stereocenters. The standard InChI is InChI=1S/C20H15F3N2O4/c1-24-15-7-6-12(29-20(21,22)23)10-13(15)17(26)16(18(24)27)19(28)25-9-8-11-4-2-3-5-14(11)25/h2-7,10,26H,8-9H2,1H3. The van der Waals surface area contributed by atoms with Crippen molar-refractivity contribution in [2.24, 2.45) is 7.05 Å². The number of halogens is 3. The van der Waals surface area contributed by atoms with Crippen molar-refractivity contribution in [1.29, 1.82) is 0 Å². The Morgan fingerprint density at radius 2 is 1.90 bits per heavy atom. The highest BCUT2D eigenvalue weighted by atomic mass is 19.4. The number of hydrogen-bond acceptors (Lipinski definition) is 4. The molecule has 29 heavy (non-hydrogen) atoms. The van der Waals surface area contributed by atoms with Crippen LogP contribution in [0.1, 0.15) is 15.9 Å². The average molecular weight is 404 g/mol. The van der Waals surface area contributed by atoms with Gasteiger partial charge in [0, 0.05) is 24.7 Å². The molecule has 0 bridgehead atoms. The van der Waals surface area contributed by atoms with Crippen LogP contribution in [0, 0.1) is 0 Å². The van der Waals surface area contributed by atoms with Crippen molar-refractivity contribution >= 4 is 22.5 Å². The third-order valence-corrected chi connectivity index (χ3v) is 4.92. The fourth-order valence-electron chi connectivity index (χ4n) is 3.58. The maximum Gasteiger partial charge on any atom is 0.573 e. The molecular weight excluding hydrogens is 389 g/mol. The van der Waals surface area contributed by atoms with Crippen LogP contribution in [0.4, 0.5) is 18.9 Å². The van der Waals surface area contributed by atoms with Crippen LogP contribution < -0.4 is 15.2 Å². The molecule has 0 aliphatic carbocycles. The SMILES string of the molecule is Cn1c(=O)c(C(=O)N2CCc3ccccc32)c(O)c2cc(OC(F)(F)F)ccc21. The Hall–Kier alpha value is -3.49. The minimum absolute atomic E-state index is 0.0929. The summed E-state index contributed by atoms with van der Waals surface area (Å²) in [7, 11) is 1.38. The molecular formula is C20H15F3N2O4. The van der Waals surface area contributed by atoms with Crippen molar-refractivity contribution in [3.63, 3.8) is 0 Å². The van der Waals surface area contributed by atoms with Gasteiger partial charge in [0.05, 0.1) is 5.52 Å². The number of rotatable bonds is 2. The fraction of sp³-hybridized carbons (Fsp3) is 0.200. The van der Waals surface area contributed by atoms with E-state index in [1.165, 1.54) is 18.0 Å². The smallest absolute Gasteiger partial charge is 0.506 e. The lowest BCUT2D eigenvalue weighted by Gasteiger charge is -2.19. The molecule has 1 amide bonds. The minimum atomic E-state index is -4.91. The summed E-state index contributed by atoms with van der Waals surface area (Å²) in [6, 6.07) is 10.4. The van der Waals surface area contributed by atoms with Gasteiger partial charge >= 0.3 is 6.36 Å². The van der Waals surface area contributed by atoms with Gasteiger partial charge in [0.25, 0.3) is 11.5 Å². The molecule has 1 aliphatic rings. The van der Waals surface area contributed by atoms with E-state index in [9.17, 15) is 27.9 Å². The summed E-state index contributed by atoms with van der Waals surface area (Å²) in [6.45, 7) is 0.329. The van der Waals surface area contributed by atoms with Crippen molar-refractivity contribution in [3.05, 3.63) is 63.9 Å². The van der Waals surface area contributed by atoms with Crippen LogP contribution in [0.25, 0.3) is 10.9 Å². The number of aryl methyl sites for hydroxylation is 1. The Morgan fingerprint density at radius 1 is 1.17 bits per heavy atom. The topological polar surface area (TPSA) is 71.8 Å². The summed E-state index contributed by atoms with van der Waals surface area (Å²) in [4.78, 5) is 27.3. The van der Waals surface area contributed by atoms with E-state index >= 15 is 0 Å². The molecule has 0 radical (unpaired) electrons. The minimum Gasteiger partial charge on any atom is -0.506 e. The van der Waals surface area contributed by atoms with Crippen molar-refractivity contribution in [2.75, 3.05) is 11.4 Å². The van der Waals surface area contributed by atoms with E-state index in [2.05, 4.69) is 4.74 Å². The first kappa shape index (κ1) is 18.9. The second-order valence-corrected chi connectivity index (χ2v) is 6.65. The molecule has 0 saturated carbocycles. The molecule has 1 N–H and O–H groups in total. The number of benzene rings is 2. The lowest BCUT2D eigenvalue weighted by molar-refractivity contribution is -0.274. The number of amides is 1. The first-order chi connectivity index (χ1) is 13.7. The van der Waals surface area contributed by atoms with Crippen LogP contribution in [0.15, 0.2) is 47.3 Å². The van der Waals surface area contributed by atoms with Crippen LogP contribution >= 0.6 is 0 Å². The van der Waals surface area contributed by atoms with Gasteiger partial charge in [0.2, 0.25) is 0 Å². The average Bonchev–Trinajstić information content (AvgIpc) is 3.09. The van der Waals surface area contributed by atoms with Crippen molar-refractivity contribution in [1.82, 2.24) is 4.57 Å². The molecule has 1 aromatic heterocycles. The highest BCUT2D eigenvalue weighted by molar-refractivity contribution is 6.11. The Kier molecular flexibility index (Phi) is 4.25. The molecule has 3 aromatic rings. The van der Waals surface area contributed by atoms with Gasteiger partial charge in [-0.1, -0.05) is 18.2 Å². The molecule has 1 aliphatic heterocycles. The van der Waals surface area contributed by atoms with Crippen molar-refractivity contribution in [3.8, 4) is 11.5 Å². The van der Waals surface area contributed by atoms with E-state index in [0.717, 1.165) is 22.3 Å². The molecule has 0 saturated heterocycles. The number of aromatic nitrogens is 1. The summed E-state index contributed by atoms with van der Waals surface area (Å²) in [5.41, 5.74) is 0.488. The lowest BCUT2D eigenvalue weighted by atomic mass is 10.1. The second kappa shape index (κ2) is 6.54. The zero-order chi connectivity index (χ0) is 20.9. The first-order valence-electron chi connectivity index (χ1n) is 8.68. The molecule has 0 atom stereocenters. The van der Waals surface area contributed by atoms with E-state index in [1.54, 1.807) is 12.1 Å². The highest BCUT2D eigenvalue weighted by Crippen LogP contribution is 2.34. The number of carbonyl (C=O) groups excluding carboxylic acids is 1. The number of pyridine rings is 1. The van der Waals surface area contributed by atoms with Gasteiger partial charge in [-0.3, -0.25) is 9.59 Å². The van der Waals surface area contributed by atoms with Crippen molar-refractivity contribution < 1.29 is 27.8 Å². The Balaban J connectivity index is 1.86. The van der Waals surface area contributed by atoms with Gasteiger partial charge in [-0.2, -0.15) is 0 Å². The molecule has 0 spiro atoms. The van der Waals surface area contributed by atoms with Crippen LogP contribution in [0.5, 0.6) is 11.5 Å². The third-order valence-electron chi connectivity index (χ3n) is 4.92. The van der Waals surface area contributed by atoms with Gasteiger partial charge in [-0.15, -0.1) is 13.2 Å². The summed E-state index contributed by atoms with van der Waals surface area (Å²) in [5, 5.41) is 10.6. The number of para-hydroxylation sites is 1. The summed E-state index contributed by atoms with van der Waals surface area (Å²) in [6.07, 6.45) is -4.32. The largest absolute Gasteiger partial charge is 0.573 e. The molecule has 0 fully saturated rings. The number of ether oxygens (including phenoxy) is 1. The van der Waals surface area contributed by atoms with Gasteiger partial charge in [-0.25, -0.2) is 0 Å². The van der Waals surface area contributed by atoms with E-state index in [0.29, 0.717) is 18.7 Å². The lowest BCUT2D eigenvalue weighted by Crippen LogP contribution is -2.35. The van der Waals surface area contributed by atoms with Crippen LogP contribution in [0.2, 0.25) is 0 Å². The predicted molar refractivity (Wildman–Crippen MR) is 99.4 cm³/mol. The number of alkyl halides is 3. The molecule has 150 valence electrons. The van der Waals surface area contributed by atoms with Gasteiger partial charge in [-0.05, 0) is 36.2 Å². The molecule has 4 rings (SSSR count). The third kappa shape index (κ3) is 3.18. The highest BCUT2D eigenvalue weighted by Gasteiger charge is 2.33. The Bertz CT molecular complexity index is 1200. The maximum atomic E-state index is 13.1. The maximum absolute atomic E-state index is 13.1. The predicted octanol–water partition coefficient (Wildman–Crippen LogP) is 3.35. The Morgan fingerprint density at radius 3 is 2.62 bits per heavy atom. The fourth-order valence-corrected chi connectivity index (χ4v) is 3.58. The van der Waals surface area contributed by atoms with E-state index < -0.39 is 34.9 Å². The van der Waals surface area contributed by atoms with Gasteiger partial charge in [0.1, 0.15) is 17.1 Å². The molecule has 2 heterocycles. The van der Waals surface area contributed by atoms with Crippen molar-refractivity contribution in [2.45, 2.75) is 12.8 Å². The number of fused-ring (bicyclic) bond motifs is 2. The number of hydrogen-bond donors (Lipinski definition) is 1. The summed E-state index contributed by atoms with van der Waals surface area (Å²) >= 11 is 0. The molecule has 6 nitrogen and oxygen atoms in total. The quantitative estimate of drug-likeness (QED) is 0.711. The first-order valence-corrected chi connectivity index (χ1v) is 8.68. The normalized spacial score (nSPS) is 13.6. The monoisotopic (exact) mass is 404 g/mol. The zero-order valence-corrected chi connectivity index (χ0v) is 15.2. The van der Waals surface area contributed by atoms with E-state index in [4.69, 9.17) is 0 Å². The molecule has 9 heteroatoms. The summed E-state index contributed by atoms with van der Waals surface area (Å²) in [5.74, 6) is -1.95. The van der Waals surface area contributed by atoms with Gasteiger partial charge in [0.15, 0.2) is 0 Å². The summed E-state index contributed by atoms with van der Waals surface area (Å²) < 4.78 is 42.6. The zero-order valence-electron chi connectivity index (χ0n) is 15.2. The van der Waals surface area contributed by atoms with E-state index in [1.807, 2.05) is 12.1 Å². The number of aromatic hydroxyl groups is 1. The second-order valence-electron chi connectivity index (χ2n) is 6.65. The number of nitrogens with zero attached hydrogens (tertiary/aromatic N) is 2. The number of anilines is 1. The number of carbonyl (C=O) groups is 1. The van der Waals surface area contributed by atoms with Crippen LogP contribution in [-0.2, 0) is 13.5 Å². The Labute approximate surface area is 162 Å².